The Morgan fingerprint density at radius 2 is 1.72 bits per heavy atom. The molecule has 0 radical (unpaired) electrons. The summed E-state index contributed by atoms with van der Waals surface area (Å²) in [4.78, 5) is 8.94. The first kappa shape index (κ1) is 19.9. The second-order valence-corrected chi connectivity index (χ2v) is 5.88. The molecule has 9 heteroatoms. The van der Waals surface area contributed by atoms with Crippen LogP contribution in [0.15, 0.2) is 51.0 Å². The van der Waals surface area contributed by atoms with Crippen molar-refractivity contribution in [2.24, 2.45) is 9.98 Å². The van der Waals surface area contributed by atoms with Crippen LogP contribution in [0.25, 0.3) is 11.3 Å². The number of benzene rings is 2. The van der Waals surface area contributed by atoms with Gasteiger partial charge in [0.2, 0.25) is 5.69 Å². The highest BCUT2D eigenvalue weighted by molar-refractivity contribution is 5.87. The molecule has 0 atom stereocenters. The number of nitrogens with zero attached hydrogens (tertiary/aromatic N) is 4. The van der Waals surface area contributed by atoms with E-state index in [9.17, 15) is 5.21 Å². The van der Waals surface area contributed by atoms with Crippen LogP contribution in [0.3, 0.4) is 0 Å². The predicted octanol–water partition coefficient (Wildman–Crippen LogP) is 3.09. The van der Waals surface area contributed by atoms with Crippen LogP contribution in [0.5, 0.6) is 17.2 Å². The van der Waals surface area contributed by atoms with Crippen LogP contribution in [0, 0.1) is 12.1 Å². The van der Waals surface area contributed by atoms with Gasteiger partial charge in [0.15, 0.2) is 11.5 Å². The minimum absolute atomic E-state index is 0.301. The molecular weight excluding hydrogens is 376 g/mol. The fraction of sp³-hybridized carbons (Fsp3) is 0.200. The summed E-state index contributed by atoms with van der Waals surface area (Å²) in [6.45, 7) is 1.60. The van der Waals surface area contributed by atoms with E-state index in [2.05, 4.69) is 19.8 Å². The van der Waals surface area contributed by atoms with Crippen molar-refractivity contribution in [1.82, 2.24) is 5.16 Å². The lowest BCUT2D eigenvalue weighted by Crippen LogP contribution is -2.25. The molecule has 3 rings (SSSR count). The number of hydrogen-bond acceptors (Lipinski definition) is 7. The summed E-state index contributed by atoms with van der Waals surface area (Å²) in [5, 5.41) is 15.4. The zero-order chi connectivity index (χ0) is 20.8. The summed E-state index contributed by atoms with van der Waals surface area (Å²) in [5.74, 6) is 1.73. The first-order valence-corrected chi connectivity index (χ1v) is 8.59. The number of aromatic nitrogens is 2. The second kappa shape index (κ2) is 8.87. The van der Waals surface area contributed by atoms with Crippen molar-refractivity contribution >= 4 is 18.2 Å². The average Bonchev–Trinajstić information content (AvgIpc) is 3.09. The normalized spacial score (nSPS) is 11.3. The van der Waals surface area contributed by atoms with E-state index >= 15 is 0 Å². The summed E-state index contributed by atoms with van der Waals surface area (Å²) >= 11 is 0. The second-order valence-electron chi connectivity index (χ2n) is 5.88. The molecule has 0 aliphatic carbocycles. The van der Waals surface area contributed by atoms with Gasteiger partial charge < -0.3 is 19.4 Å². The Morgan fingerprint density at radius 1 is 1.03 bits per heavy atom. The Bertz CT molecular complexity index is 1040. The summed E-state index contributed by atoms with van der Waals surface area (Å²) in [7, 11) is 4.66. The number of hydrogen-bond donors (Lipinski definition) is 0. The number of rotatable bonds is 7. The molecule has 9 nitrogen and oxygen atoms in total. The monoisotopic (exact) mass is 396 g/mol. The Kier molecular flexibility index (Phi) is 6.08. The van der Waals surface area contributed by atoms with Crippen molar-refractivity contribution in [3.05, 3.63) is 52.9 Å². The van der Waals surface area contributed by atoms with E-state index in [1.54, 1.807) is 32.4 Å². The van der Waals surface area contributed by atoms with Crippen molar-refractivity contribution in [3.63, 3.8) is 0 Å². The molecule has 150 valence electrons. The Hall–Kier alpha value is -3.88. The van der Waals surface area contributed by atoms with Gasteiger partial charge in [-0.3, -0.25) is 4.63 Å². The number of aliphatic imine (C=N–C) groups is 2. The molecule has 0 aliphatic heterocycles. The molecule has 0 saturated heterocycles. The molecule has 0 spiro atoms. The molecule has 0 saturated carbocycles. The minimum atomic E-state index is 0.301. The van der Waals surface area contributed by atoms with Crippen molar-refractivity contribution in [2.75, 3.05) is 21.3 Å². The van der Waals surface area contributed by atoms with Gasteiger partial charge in [-0.1, -0.05) is 0 Å². The lowest BCUT2D eigenvalue weighted by Gasteiger charge is -2.10. The smallest absolute Gasteiger partial charge is 0.253 e. The number of methoxy groups -OCH3 is 3. The van der Waals surface area contributed by atoms with Gasteiger partial charge in [0.1, 0.15) is 12.1 Å². The third-order valence-corrected chi connectivity index (χ3v) is 4.18. The van der Waals surface area contributed by atoms with E-state index in [0.29, 0.717) is 39.0 Å². The Labute approximate surface area is 167 Å². The van der Waals surface area contributed by atoms with Crippen LogP contribution in [0.2, 0.25) is 0 Å². The lowest BCUT2D eigenvalue weighted by molar-refractivity contribution is -0.806. The Morgan fingerprint density at radius 3 is 2.31 bits per heavy atom. The van der Waals surface area contributed by atoms with Gasteiger partial charge in [0, 0.05) is 24.4 Å². The van der Waals surface area contributed by atoms with Gasteiger partial charge >= 0.3 is 0 Å². The molecule has 0 N–H and O–H groups in total. The standard InChI is InChI=1S/C20H20N4O5/c1-13-20(23-29-24(13)25)16-9-18(27-3)19(28-4)10-17(16)22-12-21-11-14-5-7-15(26-2)8-6-14/h5-12H,1-4H3. The van der Waals surface area contributed by atoms with Gasteiger partial charge in [-0.2, -0.15) is 0 Å². The minimum Gasteiger partial charge on any atom is -0.497 e. The highest BCUT2D eigenvalue weighted by atomic mass is 16.8. The predicted molar refractivity (Wildman–Crippen MR) is 107 cm³/mol. The van der Waals surface area contributed by atoms with Gasteiger partial charge in [-0.25, -0.2) is 9.98 Å². The fourth-order valence-corrected chi connectivity index (χ4v) is 2.61. The maximum absolute atomic E-state index is 11.6. The summed E-state index contributed by atoms with van der Waals surface area (Å²) in [6, 6.07) is 10.8. The third kappa shape index (κ3) is 4.34. The molecule has 1 heterocycles. The van der Waals surface area contributed by atoms with E-state index < -0.39 is 0 Å². The maximum Gasteiger partial charge on any atom is 0.253 e. The first-order chi connectivity index (χ1) is 14.1. The summed E-state index contributed by atoms with van der Waals surface area (Å²) in [5.41, 5.74) is 2.59. The highest BCUT2D eigenvalue weighted by Gasteiger charge is 2.22. The fourth-order valence-electron chi connectivity index (χ4n) is 2.61. The SMILES string of the molecule is COc1ccc(C=NC=Nc2cc(OC)c(OC)cc2-c2no[n+]([O-])c2C)cc1. The molecule has 0 fully saturated rings. The van der Waals surface area contributed by atoms with E-state index in [1.807, 2.05) is 24.3 Å². The summed E-state index contributed by atoms with van der Waals surface area (Å²) < 4.78 is 20.5. The van der Waals surface area contributed by atoms with Crippen LogP contribution in [0.4, 0.5) is 5.69 Å². The van der Waals surface area contributed by atoms with E-state index in [0.717, 1.165) is 11.3 Å². The van der Waals surface area contributed by atoms with Crippen LogP contribution in [-0.2, 0) is 0 Å². The summed E-state index contributed by atoms with van der Waals surface area (Å²) in [6.07, 6.45) is 3.06. The third-order valence-electron chi connectivity index (χ3n) is 4.18. The lowest BCUT2D eigenvalue weighted by atomic mass is 10.1. The van der Waals surface area contributed by atoms with Crippen molar-refractivity contribution in [2.45, 2.75) is 6.92 Å². The van der Waals surface area contributed by atoms with Crippen molar-refractivity contribution < 1.29 is 23.7 Å². The van der Waals surface area contributed by atoms with Crippen molar-refractivity contribution in [3.8, 4) is 28.5 Å². The molecule has 29 heavy (non-hydrogen) atoms. The van der Waals surface area contributed by atoms with Crippen LogP contribution in [-0.4, -0.2) is 39.0 Å². The molecule has 1 aromatic heterocycles. The molecular formula is C20H20N4O5. The van der Waals surface area contributed by atoms with Gasteiger partial charge in [0.05, 0.1) is 32.6 Å². The van der Waals surface area contributed by atoms with Gasteiger partial charge in [0.25, 0.3) is 5.69 Å². The highest BCUT2D eigenvalue weighted by Crippen LogP contribution is 2.40. The van der Waals surface area contributed by atoms with Crippen LogP contribution < -0.4 is 19.1 Å². The zero-order valence-electron chi connectivity index (χ0n) is 16.4. The van der Waals surface area contributed by atoms with Gasteiger partial charge in [-0.15, -0.1) is 0 Å². The quantitative estimate of drug-likeness (QED) is 0.345. The molecule has 2 aromatic carbocycles. The molecule has 0 unspecified atom stereocenters. The van der Waals surface area contributed by atoms with E-state index in [-0.39, 0.29) is 0 Å². The topological polar surface area (TPSA) is 105 Å². The molecule has 3 aromatic rings. The number of ether oxygens (including phenoxy) is 3. The average molecular weight is 396 g/mol. The van der Waals surface area contributed by atoms with E-state index in [1.165, 1.54) is 20.6 Å². The first-order valence-electron chi connectivity index (χ1n) is 8.59. The van der Waals surface area contributed by atoms with Crippen LogP contribution in [0.1, 0.15) is 11.3 Å². The molecule has 0 amide bonds. The van der Waals surface area contributed by atoms with Gasteiger partial charge in [-0.05, 0) is 40.8 Å². The largest absolute Gasteiger partial charge is 0.497 e. The maximum atomic E-state index is 11.6. The molecule has 0 aliphatic rings. The van der Waals surface area contributed by atoms with Crippen molar-refractivity contribution in [1.29, 1.82) is 0 Å². The van der Waals surface area contributed by atoms with E-state index in [4.69, 9.17) is 14.2 Å². The Balaban J connectivity index is 1.94. The van der Waals surface area contributed by atoms with Crippen LogP contribution >= 0.6 is 0 Å². The molecule has 0 bridgehead atoms. The zero-order valence-corrected chi connectivity index (χ0v) is 16.4.